The predicted octanol–water partition coefficient (Wildman–Crippen LogP) is 1.15. The highest BCUT2D eigenvalue weighted by Gasteiger charge is 2.15. The molecule has 0 saturated heterocycles. The fraction of sp³-hybridized carbons (Fsp3) is 0.364. The molecule has 0 aliphatic heterocycles. The molecule has 0 atom stereocenters. The Balaban J connectivity index is 2.05. The largest absolute Gasteiger partial charge is 0.355 e. The number of thiazole rings is 1. The Bertz CT molecular complexity index is 666. The SMILES string of the molecule is CCNc1ncc(S(=O)(=O)NCc2ncc(C)s2)cn1. The van der Waals surface area contributed by atoms with Crippen LogP contribution in [0.15, 0.2) is 23.5 Å². The summed E-state index contributed by atoms with van der Waals surface area (Å²) in [4.78, 5) is 13.1. The molecule has 0 aromatic carbocycles. The van der Waals surface area contributed by atoms with E-state index in [9.17, 15) is 8.42 Å². The summed E-state index contributed by atoms with van der Waals surface area (Å²) in [6, 6.07) is 0. The molecule has 2 heterocycles. The van der Waals surface area contributed by atoms with E-state index in [1.165, 1.54) is 23.7 Å². The van der Waals surface area contributed by atoms with Crippen LogP contribution in [-0.2, 0) is 16.6 Å². The molecule has 2 aromatic rings. The summed E-state index contributed by atoms with van der Waals surface area (Å²) in [5, 5.41) is 3.62. The van der Waals surface area contributed by atoms with E-state index < -0.39 is 10.0 Å². The van der Waals surface area contributed by atoms with Gasteiger partial charge in [-0.25, -0.2) is 28.1 Å². The normalized spacial score (nSPS) is 11.5. The zero-order valence-corrected chi connectivity index (χ0v) is 12.8. The van der Waals surface area contributed by atoms with Gasteiger partial charge in [-0.1, -0.05) is 0 Å². The summed E-state index contributed by atoms with van der Waals surface area (Å²) in [6.45, 7) is 4.66. The summed E-state index contributed by atoms with van der Waals surface area (Å²) in [7, 11) is -3.62. The van der Waals surface area contributed by atoms with E-state index in [1.54, 1.807) is 6.20 Å². The summed E-state index contributed by atoms with van der Waals surface area (Å²) in [5.41, 5.74) is 0. The van der Waals surface area contributed by atoms with Crippen molar-refractivity contribution < 1.29 is 8.42 Å². The average molecular weight is 313 g/mol. The van der Waals surface area contributed by atoms with Crippen LogP contribution in [0.4, 0.5) is 5.95 Å². The van der Waals surface area contributed by atoms with E-state index in [2.05, 4.69) is 25.0 Å². The molecular weight excluding hydrogens is 298 g/mol. The molecule has 2 aromatic heterocycles. The molecule has 2 rings (SSSR count). The molecule has 0 bridgehead atoms. The third kappa shape index (κ3) is 3.71. The lowest BCUT2D eigenvalue weighted by molar-refractivity contribution is 0.580. The van der Waals surface area contributed by atoms with Gasteiger partial charge in [0.05, 0.1) is 18.9 Å². The first-order chi connectivity index (χ1) is 9.51. The third-order valence-corrected chi connectivity index (χ3v) is 4.62. The van der Waals surface area contributed by atoms with E-state index in [4.69, 9.17) is 0 Å². The second-order valence-electron chi connectivity index (χ2n) is 3.96. The van der Waals surface area contributed by atoms with Crippen LogP contribution in [0.5, 0.6) is 0 Å². The second kappa shape index (κ2) is 6.25. The van der Waals surface area contributed by atoms with Crippen molar-refractivity contribution in [1.29, 1.82) is 0 Å². The molecule has 0 spiro atoms. The minimum Gasteiger partial charge on any atom is -0.355 e. The Labute approximate surface area is 121 Å². The van der Waals surface area contributed by atoms with Gasteiger partial charge in [0.2, 0.25) is 16.0 Å². The number of hydrogen-bond donors (Lipinski definition) is 2. The van der Waals surface area contributed by atoms with Crippen LogP contribution in [0.25, 0.3) is 0 Å². The van der Waals surface area contributed by atoms with Crippen LogP contribution >= 0.6 is 11.3 Å². The molecule has 2 N–H and O–H groups in total. The Morgan fingerprint density at radius 2 is 1.90 bits per heavy atom. The smallest absolute Gasteiger partial charge is 0.244 e. The van der Waals surface area contributed by atoms with Crippen LogP contribution in [0.2, 0.25) is 0 Å². The van der Waals surface area contributed by atoms with E-state index in [0.717, 1.165) is 9.88 Å². The number of hydrogen-bond acceptors (Lipinski definition) is 7. The number of rotatable bonds is 6. The second-order valence-corrected chi connectivity index (χ2v) is 7.05. The molecule has 0 unspecified atom stereocenters. The maximum absolute atomic E-state index is 12.0. The monoisotopic (exact) mass is 313 g/mol. The molecule has 0 aliphatic carbocycles. The Kier molecular flexibility index (Phi) is 4.63. The van der Waals surface area contributed by atoms with Gasteiger partial charge in [0.15, 0.2) is 0 Å². The molecule has 0 amide bonds. The van der Waals surface area contributed by atoms with Gasteiger partial charge in [0.1, 0.15) is 9.90 Å². The van der Waals surface area contributed by atoms with Crippen molar-refractivity contribution in [2.24, 2.45) is 0 Å². The van der Waals surface area contributed by atoms with Gasteiger partial charge in [-0.15, -0.1) is 11.3 Å². The van der Waals surface area contributed by atoms with E-state index >= 15 is 0 Å². The van der Waals surface area contributed by atoms with Crippen molar-refractivity contribution >= 4 is 27.3 Å². The highest BCUT2D eigenvalue weighted by atomic mass is 32.2. The van der Waals surface area contributed by atoms with Gasteiger partial charge in [-0.05, 0) is 13.8 Å². The average Bonchev–Trinajstić information content (AvgIpc) is 2.84. The van der Waals surface area contributed by atoms with Gasteiger partial charge < -0.3 is 5.32 Å². The Hall–Kier alpha value is -1.58. The summed E-state index contributed by atoms with van der Waals surface area (Å²) >= 11 is 1.45. The van der Waals surface area contributed by atoms with Crippen LogP contribution in [-0.4, -0.2) is 29.9 Å². The van der Waals surface area contributed by atoms with Crippen molar-refractivity contribution in [2.45, 2.75) is 25.3 Å². The molecule has 7 nitrogen and oxygen atoms in total. The van der Waals surface area contributed by atoms with Crippen molar-refractivity contribution in [3.8, 4) is 0 Å². The minimum atomic E-state index is -3.62. The Morgan fingerprint density at radius 3 is 2.45 bits per heavy atom. The molecule has 0 fully saturated rings. The lowest BCUT2D eigenvalue weighted by Crippen LogP contribution is -2.23. The maximum Gasteiger partial charge on any atom is 0.244 e. The van der Waals surface area contributed by atoms with Crippen molar-refractivity contribution in [3.05, 3.63) is 28.5 Å². The number of nitrogens with one attached hydrogen (secondary N) is 2. The lowest BCUT2D eigenvalue weighted by Gasteiger charge is -2.05. The topological polar surface area (TPSA) is 96.9 Å². The molecule has 9 heteroatoms. The van der Waals surface area contributed by atoms with E-state index in [0.29, 0.717) is 12.5 Å². The number of nitrogens with zero attached hydrogens (tertiary/aromatic N) is 3. The van der Waals surface area contributed by atoms with Crippen LogP contribution in [0.3, 0.4) is 0 Å². The zero-order chi connectivity index (χ0) is 14.6. The van der Waals surface area contributed by atoms with E-state index in [-0.39, 0.29) is 11.4 Å². The van der Waals surface area contributed by atoms with Crippen molar-refractivity contribution in [1.82, 2.24) is 19.7 Å². The molecule has 0 aliphatic rings. The predicted molar refractivity (Wildman–Crippen MR) is 77.1 cm³/mol. The van der Waals surface area contributed by atoms with Gasteiger partial charge in [0.25, 0.3) is 0 Å². The third-order valence-electron chi connectivity index (χ3n) is 2.36. The number of anilines is 1. The highest BCUT2D eigenvalue weighted by Crippen LogP contribution is 2.13. The number of aromatic nitrogens is 3. The Morgan fingerprint density at radius 1 is 1.20 bits per heavy atom. The van der Waals surface area contributed by atoms with Gasteiger partial charge in [-0.2, -0.15) is 0 Å². The highest BCUT2D eigenvalue weighted by molar-refractivity contribution is 7.89. The van der Waals surface area contributed by atoms with Gasteiger partial charge in [-0.3, -0.25) is 0 Å². The van der Waals surface area contributed by atoms with Crippen LogP contribution in [0, 0.1) is 6.92 Å². The van der Waals surface area contributed by atoms with Gasteiger partial charge >= 0.3 is 0 Å². The summed E-state index contributed by atoms with van der Waals surface area (Å²) in [5.74, 6) is 0.405. The molecule has 0 saturated carbocycles. The fourth-order valence-corrected chi connectivity index (χ4v) is 3.12. The van der Waals surface area contributed by atoms with Crippen molar-refractivity contribution in [3.63, 3.8) is 0 Å². The minimum absolute atomic E-state index is 0.0347. The summed E-state index contributed by atoms with van der Waals surface area (Å²) < 4.78 is 26.6. The summed E-state index contributed by atoms with van der Waals surface area (Å²) in [6.07, 6.45) is 4.27. The molecule has 20 heavy (non-hydrogen) atoms. The lowest BCUT2D eigenvalue weighted by atomic mass is 10.6. The first-order valence-electron chi connectivity index (χ1n) is 5.98. The number of sulfonamides is 1. The number of aryl methyl sites for hydroxylation is 1. The van der Waals surface area contributed by atoms with Crippen LogP contribution < -0.4 is 10.0 Å². The zero-order valence-electron chi connectivity index (χ0n) is 11.1. The molecular formula is C11H15N5O2S2. The fourth-order valence-electron chi connectivity index (χ4n) is 1.43. The van der Waals surface area contributed by atoms with Crippen molar-refractivity contribution in [2.75, 3.05) is 11.9 Å². The van der Waals surface area contributed by atoms with Crippen LogP contribution in [0.1, 0.15) is 16.8 Å². The standard InChI is InChI=1S/C11H15N5O2S2/c1-3-12-11-14-5-9(6-15-11)20(17,18)16-7-10-13-4-8(2)19-10/h4-6,16H,3,7H2,1-2H3,(H,12,14,15). The maximum atomic E-state index is 12.0. The quantitative estimate of drug-likeness (QED) is 0.830. The van der Waals surface area contributed by atoms with E-state index in [1.807, 2.05) is 13.8 Å². The first-order valence-corrected chi connectivity index (χ1v) is 8.28. The molecule has 108 valence electrons. The first kappa shape index (κ1) is 14.8. The van der Waals surface area contributed by atoms with Gasteiger partial charge in [0, 0.05) is 17.6 Å². The molecule has 0 radical (unpaired) electrons.